The van der Waals surface area contributed by atoms with Crippen LogP contribution in [0.4, 0.5) is 0 Å². The highest BCUT2D eigenvalue weighted by Crippen LogP contribution is 2.19. The molecule has 3 rings (SSSR count). The van der Waals surface area contributed by atoms with Crippen LogP contribution in [0.1, 0.15) is 18.1 Å². The van der Waals surface area contributed by atoms with Gasteiger partial charge in [0.1, 0.15) is 18.1 Å². The van der Waals surface area contributed by atoms with Crippen molar-refractivity contribution in [2.45, 2.75) is 26.0 Å². The second-order valence-corrected chi connectivity index (χ2v) is 5.82. The molecule has 0 saturated heterocycles. The first-order valence-electron chi connectivity index (χ1n) is 8.06. The first kappa shape index (κ1) is 16.8. The van der Waals surface area contributed by atoms with Crippen LogP contribution in [0.2, 0.25) is 0 Å². The molecule has 0 bridgehead atoms. The molecule has 0 saturated carbocycles. The van der Waals surface area contributed by atoms with Gasteiger partial charge < -0.3 is 14.8 Å². The molecule has 0 spiro atoms. The molecular formula is C20H19NO4. The van der Waals surface area contributed by atoms with Gasteiger partial charge in [0, 0.05) is 13.0 Å². The summed E-state index contributed by atoms with van der Waals surface area (Å²) in [7, 11) is 0. The van der Waals surface area contributed by atoms with Crippen molar-refractivity contribution in [1.82, 2.24) is 5.32 Å². The van der Waals surface area contributed by atoms with Gasteiger partial charge in [0.25, 0.3) is 0 Å². The van der Waals surface area contributed by atoms with Crippen LogP contribution in [0, 0.1) is 0 Å². The van der Waals surface area contributed by atoms with Crippen molar-refractivity contribution in [3.8, 4) is 5.75 Å². The number of nitrogens with one attached hydrogen (secondary N) is 1. The summed E-state index contributed by atoms with van der Waals surface area (Å²) >= 11 is 0. The number of amides is 1. The van der Waals surface area contributed by atoms with E-state index in [1.807, 2.05) is 42.5 Å². The summed E-state index contributed by atoms with van der Waals surface area (Å²) in [5.74, 6) is 0.641. The number of carbonyl (C=O) groups is 2. The third-order valence-corrected chi connectivity index (χ3v) is 3.81. The Morgan fingerprint density at radius 3 is 2.44 bits per heavy atom. The third kappa shape index (κ3) is 4.70. The first-order chi connectivity index (χ1) is 12.1. The minimum absolute atomic E-state index is 0.138. The van der Waals surface area contributed by atoms with Gasteiger partial charge in [-0.2, -0.15) is 0 Å². The lowest BCUT2D eigenvalue weighted by Crippen LogP contribution is -2.31. The van der Waals surface area contributed by atoms with Gasteiger partial charge in [-0.3, -0.25) is 9.59 Å². The molecule has 0 fully saturated rings. The maximum absolute atomic E-state index is 11.7. The fourth-order valence-corrected chi connectivity index (χ4v) is 2.64. The highest BCUT2D eigenvalue weighted by atomic mass is 16.5. The van der Waals surface area contributed by atoms with E-state index in [1.54, 1.807) is 12.1 Å². The van der Waals surface area contributed by atoms with Crippen molar-refractivity contribution < 1.29 is 19.1 Å². The van der Waals surface area contributed by atoms with Gasteiger partial charge in [-0.1, -0.05) is 42.5 Å². The smallest absolute Gasteiger partial charge is 0.308 e. The van der Waals surface area contributed by atoms with E-state index in [9.17, 15) is 9.59 Å². The normalized spacial score (nSPS) is 16.1. The van der Waals surface area contributed by atoms with E-state index >= 15 is 0 Å². The molecule has 1 amide bonds. The second-order valence-electron chi connectivity index (χ2n) is 5.82. The van der Waals surface area contributed by atoms with Gasteiger partial charge in [-0.25, -0.2) is 0 Å². The van der Waals surface area contributed by atoms with Gasteiger partial charge in [-0.15, -0.1) is 0 Å². The molecule has 1 aliphatic heterocycles. The Hall–Kier alpha value is -3.08. The van der Waals surface area contributed by atoms with Crippen LogP contribution in [0.3, 0.4) is 0 Å². The van der Waals surface area contributed by atoms with Crippen LogP contribution >= 0.6 is 0 Å². The molecule has 1 aliphatic rings. The molecule has 25 heavy (non-hydrogen) atoms. The summed E-state index contributed by atoms with van der Waals surface area (Å²) in [6.45, 7) is 1.70. The summed E-state index contributed by atoms with van der Waals surface area (Å²) in [4.78, 5) is 22.6. The lowest BCUT2D eigenvalue weighted by atomic mass is 10.1. The van der Waals surface area contributed by atoms with Crippen molar-refractivity contribution in [3.05, 3.63) is 77.6 Å². The molecular weight excluding hydrogens is 318 g/mol. The molecule has 5 heteroatoms. The van der Waals surface area contributed by atoms with Crippen LogP contribution in [0.25, 0.3) is 0 Å². The van der Waals surface area contributed by atoms with Crippen LogP contribution in [-0.4, -0.2) is 17.9 Å². The minimum atomic E-state index is -0.353. The van der Waals surface area contributed by atoms with E-state index in [1.165, 1.54) is 13.0 Å². The van der Waals surface area contributed by atoms with Gasteiger partial charge in [-0.05, 0) is 29.7 Å². The Morgan fingerprint density at radius 2 is 1.76 bits per heavy atom. The number of carbonyl (C=O) groups excluding carboxylic acids is 2. The quantitative estimate of drug-likeness (QED) is 0.650. The van der Waals surface area contributed by atoms with Crippen LogP contribution in [0.15, 0.2) is 66.4 Å². The summed E-state index contributed by atoms with van der Waals surface area (Å²) < 4.78 is 10.8. The third-order valence-electron chi connectivity index (χ3n) is 3.81. The van der Waals surface area contributed by atoms with Crippen molar-refractivity contribution in [1.29, 1.82) is 0 Å². The largest absolute Gasteiger partial charge is 0.491 e. The maximum Gasteiger partial charge on any atom is 0.308 e. The monoisotopic (exact) mass is 337 g/mol. The van der Waals surface area contributed by atoms with Gasteiger partial charge in [0.05, 0.1) is 6.04 Å². The van der Waals surface area contributed by atoms with Crippen molar-refractivity contribution in [2.75, 3.05) is 0 Å². The SMILES string of the molecule is CC(=O)Oc1ccc(COC2=CC(=O)NC2Cc2ccccc2)cc1. The van der Waals surface area contributed by atoms with E-state index in [0.717, 1.165) is 11.1 Å². The van der Waals surface area contributed by atoms with Crippen LogP contribution < -0.4 is 10.1 Å². The van der Waals surface area contributed by atoms with Gasteiger partial charge in [0.2, 0.25) is 5.91 Å². The summed E-state index contributed by atoms with van der Waals surface area (Å²) in [6, 6.07) is 16.9. The van der Waals surface area contributed by atoms with Crippen molar-refractivity contribution >= 4 is 11.9 Å². The highest BCUT2D eigenvalue weighted by molar-refractivity contribution is 5.91. The summed E-state index contributed by atoms with van der Waals surface area (Å²) in [6.07, 6.45) is 2.19. The lowest BCUT2D eigenvalue weighted by Gasteiger charge is -2.16. The molecule has 128 valence electrons. The fourth-order valence-electron chi connectivity index (χ4n) is 2.64. The van der Waals surface area contributed by atoms with E-state index < -0.39 is 0 Å². The van der Waals surface area contributed by atoms with Gasteiger partial charge in [0.15, 0.2) is 0 Å². The van der Waals surface area contributed by atoms with Crippen molar-refractivity contribution in [3.63, 3.8) is 0 Å². The Kier molecular flexibility index (Phi) is 5.14. The number of hydrogen-bond donors (Lipinski definition) is 1. The number of benzene rings is 2. The highest BCUT2D eigenvalue weighted by Gasteiger charge is 2.25. The number of ether oxygens (including phenoxy) is 2. The topological polar surface area (TPSA) is 64.6 Å². The molecule has 0 aromatic heterocycles. The molecule has 1 N–H and O–H groups in total. The zero-order chi connectivity index (χ0) is 17.6. The summed E-state index contributed by atoms with van der Waals surface area (Å²) in [5.41, 5.74) is 2.06. The van der Waals surface area contributed by atoms with Crippen LogP contribution in [-0.2, 0) is 27.4 Å². The zero-order valence-corrected chi connectivity index (χ0v) is 13.9. The molecule has 2 aromatic rings. The lowest BCUT2D eigenvalue weighted by molar-refractivity contribution is -0.131. The Balaban J connectivity index is 1.60. The second kappa shape index (κ2) is 7.66. The van der Waals surface area contributed by atoms with E-state index in [0.29, 0.717) is 24.5 Å². The average molecular weight is 337 g/mol. The summed E-state index contributed by atoms with van der Waals surface area (Å²) in [5, 5.41) is 2.91. The number of rotatable bonds is 6. The molecule has 0 aliphatic carbocycles. The number of hydrogen-bond acceptors (Lipinski definition) is 4. The molecule has 1 atom stereocenters. The van der Waals surface area contributed by atoms with Crippen molar-refractivity contribution in [2.24, 2.45) is 0 Å². The first-order valence-corrected chi connectivity index (χ1v) is 8.06. The molecule has 1 unspecified atom stereocenters. The minimum Gasteiger partial charge on any atom is -0.491 e. The standard InChI is InChI=1S/C20H19NO4/c1-14(22)25-17-9-7-16(8-10-17)13-24-19-12-20(23)21-18(19)11-15-5-3-2-4-6-15/h2-10,12,18H,11,13H2,1H3,(H,21,23). The molecule has 5 nitrogen and oxygen atoms in total. The predicted molar refractivity (Wildman–Crippen MR) is 92.7 cm³/mol. The van der Waals surface area contributed by atoms with E-state index in [2.05, 4.69) is 5.32 Å². The molecule has 2 aromatic carbocycles. The van der Waals surface area contributed by atoms with Gasteiger partial charge >= 0.3 is 5.97 Å². The average Bonchev–Trinajstić information content (AvgIpc) is 2.94. The predicted octanol–water partition coefficient (Wildman–Crippen LogP) is 2.75. The molecule has 0 radical (unpaired) electrons. The Morgan fingerprint density at radius 1 is 1.04 bits per heavy atom. The Bertz CT molecular complexity index is 781. The van der Waals surface area contributed by atoms with Crippen LogP contribution in [0.5, 0.6) is 5.75 Å². The number of esters is 1. The van der Waals surface area contributed by atoms with E-state index in [-0.39, 0.29) is 17.9 Å². The molecule has 1 heterocycles. The fraction of sp³-hybridized carbons (Fsp3) is 0.200. The zero-order valence-electron chi connectivity index (χ0n) is 13.9. The maximum atomic E-state index is 11.7. The Labute approximate surface area is 146 Å². The van der Waals surface area contributed by atoms with E-state index in [4.69, 9.17) is 9.47 Å².